The number of nitrogens with zero attached hydrogens (tertiary/aromatic N) is 1. The Labute approximate surface area is 244 Å². The average Bonchev–Trinajstić information content (AvgIpc) is 2.89. The fraction of sp³-hybridized carbons (Fsp3) is 0.545. The van der Waals surface area contributed by atoms with Crippen LogP contribution in [0.1, 0.15) is 70.1 Å². The maximum absolute atomic E-state index is 13.4. The van der Waals surface area contributed by atoms with E-state index < -0.39 is 5.41 Å². The largest absolute Gasteiger partial charge is 0.390 e. The lowest BCUT2D eigenvalue weighted by Gasteiger charge is -2.33. The van der Waals surface area contributed by atoms with E-state index >= 15 is 0 Å². The molecule has 1 amide bonds. The van der Waals surface area contributed by atoms with Crippen LogP contribution in [-0.2, 0) is 4.79 Å². The van der Waals surface area contributed by atoms with Gasteiger partial charge in [-0.15, -0.1) is 0 Å². The van der Waals surface area contributed by atoms with Gasteiger partial charge >= 0.3 is 0 Å². The number of likely N-dealkylation sites (N-methyl/N-ethyl adjacent to an activating group) is 2. The van der Waals surface area contributed by atoms with Crippen LogP contribution in [-0.4, -0.2) is 57.1 Å². The molecule has 0 spiro atoms. The maximum atomic E-state index is 13.4. The van der Waals surface area contributed by atoms with Crippen molar-refractivity contribution in [2.75, 3.05) is 40.3 Å². The van der Waals surface area contributed by atoms with E-state index in [9.17, 15) is 4.79 Å². The molecule has 0 bridgehead atoms. The number of benzene rings is 1. The normalized spacial score (nSPS) is 12.6. The molecule has 1 aromatic carbocycles. The summed E-state index contributed by atoms with van der Waals surface area (Å²) in [5.74, 6) is 0.657. The van der Waals surface area contributed by atoms with Gasteiger partial charge in [-0.1, -0.05) is 59.9 Å². The molecule has 1 aromatic rings. The zero-order valence-electron chi connectivity index (χ0n) is 26.3. The van der Waals surface area contributed by atoms with Crippen LogP contribution in [0.25, 0.3) is 11.4 Å². The number of nitrogens with one attached hydrogen (secondary N) is 4. The highest BCUT2D eigenvalue weighted by molar-refractivity contribution is 5.82. The van der Waals surface area contributed by atoms with Gasteiger partial charge in [0.05, 0.1) is 13.1 Å². The number of nitrogens with two attached hydrogens (primary N) is 1. The summed E-state index contributed by atoms with van der Waals surface area (Å²) in [6.07, 6.45) is 3.92. The molecule has 0 aliphatic rings. The topological polar surface area (TPSA) is 94.5 Å². The molecule has 0 saturated carbocycles. The molecule has 0 heterocycles. The first kappa shape index (κ1) is 34.8. The fourth-order valence-corrected chi connectivity index (χ4v) is 4.48. The smallest absolute Gasteiger partial charge is 0.228 e. The number of rotatable bonds is 20. The lowest BCUT2D eigenvalue weighted by Crippen LogP contribution is -2.44. The molecule has 0 aliphatic carbocycles. The van der Waals surface area contributed by atoms with Crippen molar-refractivity contribution >= 4 is 17.3 Å². The van der Waals surface area contributed by atoms with Crippen molar-refractivity contribution < 1.29 is 4.79 Å². The van der Waals surface area contributed by atoms with Crippen LogP contribution in [0, 0.1) is 18.3 Å². The van der Waals surface area contributed by atoms with Crippen LogP contribution in [0.5, 0.6) is 0 Å². The van der Waals surface area contributed by atoms with Gasteiger partial charge in [0.2, 0.25) is 5.91 Å². The Balaban J connectivity index is 2.59. The molecule has 7 heteroatoms. The van der Waals surface area contributed by atoms with Crippen molar-refractivity contribution in [1.82, 2.24) is 26.2 Å². The van der Waals surface area contributed by atoms with Gasteiger partial charge in [0.25, 0.3) is 0 Å². The molecule has 0 aromatic heterocycles. The Hall–Kier alpha value is -3.19. The summed E-state index contributed by atoms with van der Waals surface area (Å²) in [4.78, 5) is 15.3. The highest BCUT2D eigenvalue weighted by Crippen LogP contribution is 2.28. The number of aryl methyl sites for hydroxylation is 1. The minimum Gasteiger partial charge on any atom is -0.390 e. The number of hydrogen-bond donors (Lipinski definition) is 5. The van der Waals surface area contributed by atoms with Crippen LogP contribution >= 0.6 is 0 Å². The van der Waals surface area contributed by atoms with E-state index in [2.05, 4.69) is 79.6 Å². The van der Waals surface area contributed by atoms with Crippen LogP contribution in [0.2, 0.25) is 0 Å². The molecular weight excluding hydrogens is 496 g/mol. The monoisotopic (exact) mass is 552 g/mol. The van der Waals surface area contributed by atoms with Crippen molar-refractivity contribution in [1.29, 1.82) is 0 Å². The first-order valence-electron chi connectivity index (χ1n) is 14.4. The number of carbonyl (C=O) groups is 1. The van der Waals surface area contributed by atoms with E-state index in [1.807, 2.05) is 39.8 Å². The third-order valence-electron chi connectivity index (χ3n) is 7.22. The summed E-state index contributed by atoms with van der Waals surface area (Å²) in [5.41, 5.74) is 12.1. The number of hydrogen-bond acceptors (Lipinski definition) is 6. The summed E-state index contributed by atoms with van der Waals surface area (Å²) >= 11 is 0. The maximum Gasteiger partial charge on any atom is 0.228 e. The van der Waals surface area contributed by atoms with Crippen LogP contribution in [0.15, 0.2) is 55.9 Å². The second-order valence-electron chi connectivity index (χ2n) is 11.9. The van der Waals surface area contributed by atoms with Gasteiger partial charge in [0.1, 0.15) is 0 Å². The average molecular weight is 553 g/mol. The summed E-state index contributed by atoms with van der Waals surface area (Å²) in [6, 6.07) is 6.44. The molecule has 2 atom stereocenters. The summed E-state index contributed by atoms with van der Waals surface area (Å²) in [7, 11) is 3.65. The van der Waals surface area contributed by atoms with Crippen molar-refractivity contribution in [3.05, 3.63) is 72.6 Å². The standard InChI is InChI=1S/C33H56N6O/c1-23(13-12-15-33(8,9)32(40)39(21-26(4)35-10)22-27(5)36-11)14-16-37-28(6)30-17-24(2)18-31(19-30)29(7)38-20-25(3)34/h17-19,23,25,35-38H,4-7,12-16,20-22,34H2,1-3,8-11H3. The van der Waals surface area contributed by atoms with Crippen LogP contribution in [0.4, 0.5) is 0 Å². The quantitative estimate of drug-likeness (QED) is 0.157. The van der Waals surface area contributed by atoms with Gasteiger partial charge < -0.3 is 31.9 Å². The second kappa shape index (κ2) is 16.8. The van der Waals surface area contributed by atoms with Gasteiger partial charge in [-0.2, -0.15) is 0 Å². The minimum atomic E-state index is -0.460. The molecule has 0 saturated heterocycles. The Morgan fingerprint density at radius 2 is 1.45 bits per heavy atom. The second-order valence-corrected chi connectivity index (χ2v) is 11.9. The third kappa shape index (κ3) is 12.3. The molecular formula is C33H56N6O. The first-order valence-corrected chi connectivity index (χ1v) is 14.4. The van der Waals surface area contributed by atoms with Crippen molar-refractivity contribution in [2.45, 2.75) is 66.3 Å². The van der Waals surface area contributed by atoms with E-state index in [1.165, 1.54) is 0 Å². The molecule has 0 fully saturated rings. The van der Waals surface area contributed by atoms with Crippen LogP contribution < -0.4 is 27.0 Å². The Morgan fingerprint density at radius 1 is 0.925 bits per heavy atom. The van der Waals surface area contributed by atoms with Gasteiger partial charge in [-0.3, -0.25) is 4.79 Å². The Kier molecular flexibility index (Phi) is 14.6. The zero-order chi connectivity index (χ0) is 30.5. The summed E-state index contributed by atoms with van der Waals surface area (Å²) < 4.78 is 0. The molecule has 7 nitrogen and oxygen atoms in total. The summed E-state index contributed by atoms with van der Waals surface area (Å²) in [6.45, 7) is 29.3. The SMILES string of the molecule is C=C(CN(CC(=C)NC)C(=O)C(C)(C)CCCC(C)CCNC(=C)c1cc(C)cc(C(=C)NCC(C)N)c1)NC. The fourth-order valence-electron chi connectivity index (χ4n) is 4.48. The molecule has 0 radical (unpaired) electrons. The zero-order valence-corrected chi connectivity index (χ0v) is 26.3. The Morgan fingerprint density at radius 3 is 1.95 bits per heavy atom. The predicted octanol–water partition coefficient (Wildman–Crippen LogP) is 4.98. The summed E-state index contributed by atoms with van der Waals surface area (Å²) in [5, 5.41) is 12.9. The predicted molar refractivity (Wildman–Crippen MR) is 173 cm³/mol. The van der Waals surface area contributed by atoms with Gasteiger partial charge in [-0.25, -0.2) is 0 Å². The molecule has 1 rings (SSSR count). The van der Waals surface area contributed by atoms with E-state index in [0.29, 0.717) is 25.6 Å². The molecule has 6 N–H and O–H groups in total. The lowest BCUT2D eigenvalue weighted by molar-refractivity contribution is -0.140. The molecule has 224 valence electrons. The third-order valence-corrected chi connectivity index (χ3v) is 7.22. The van der Waals surface area contributed by atoms with Crippen molar-refractivity contribution in [2.24, 2.45) is 17.1 Å². The van der Waals surface area contributed by atoms with E-state index in [0.717, 1.165) is 71.7 Å². The number of amides is 1. The van der Waals surface area contributed by atoms with Crippen molar-refractivity contribution in [3.63, 3.8) is 0 Å². The van der Waals surface area contributed by atoms with Crippen molar-refractivity contribution in [3.8, 4) is 0 Å². The molecule has 0 aliphatic heterocycles. The Bertz CT molecular complexity index is 1010. The van der Waals surface area contributed by atoms with Crippen LogP contribution in [0.3, 0.4) is 0 Å². The van der Waals surface area contributed by atoms with Gasteiger partial charge in [-0.05, 0) is 67.5 Å². The highest BCUT2D eigenvalue weighted by atomic mass is 16.2. The number of carbonyl (C=O) groups excluding carboxylic acids is 1. The molecule has 2 unspecified atom stereocenters. The first-order chi connectivity index (χ1) is 18.7. The van der Waals surface area contributed by atoms with E-state index in [4.69, 9.17) is 5.73 Å². The lowest BCUT2D eigenvalue weighted by atomic mass is 9.84. The van der Waals surface area contributed by atoms with Gasteiger partial charge in [0, 0.05) is 61.4 Å². The van der Waals surface area contributed by atoms with Gasteiger partial charge in [0.15, 0.2) is 0 Å². The van der Waals surface area contributed by atoms with E-state index in [-0.39, 0.29) is 11.9 Å². The minimum absolute atomic E-state index is 0.0635. The molecule has 40 heavy (non-hydrogen) atoms. The highest BCUT2D eigenvalue weighted by Gasteiger charge is 2.32. The van der Waals surface area contributed by atoms with E-state index in [1.54, 1.807) is 0 Å².